The van der Waals surface area contributed by atoms with E-state index in [1.54, 1.807) is 24.6 Å². The molecule has 0 amide bonds. The Kier molecular flexibility index (Phi) is 4.52. The first-order valence-corrected chi connectivity index (χ1v) is 9.22. The summed E-state index contributed by atoms with van der Waals surface area (Å²) in [5.74, 6) is -0.693. The molecule has 0 radical (unpaired) electrons. The van der Waals surface area contributed by atoms with Crippen LogP contribution in [-0.4, -0.2) is 29.0 Å². The Hall–Kier alpha value is -3.13. The number of sulfonamides is 1. The summed E-state index contributed by atoms with van der Waals surface area (Å²) < 4.78 is 29.1. The number of hydrogen-bond acceptors (Lipinski definition) is 4. The van der Waals surface area contributed by atoms with Gasteiger partial charge in [0.25, 0.3) is 10.0 Å². The lowest BCUT2D eigenvalue weighted by Gasteiger charge is -2.11. The molecule has 0 aliphatic rings. The van der Waals surface area contributed by atoms with Crippen molar-refractivity contribution >= 4 is 21.7 Å². The van der Waals surface area contributed by atoms with Gasteiger partial charge in [-0.1, -0.05) is 36.4 Å². The van der Waals surface area contributed by atoms with Crippen LogP contribution in [0.5, 0.6) is 0 Å². The predicted molar refractivity (Wildman–Crippen MR) is 97.6 cm³/mol. The molecule has 7 nitrogen and oxygen atoms in total. The molecule has 8 heteroatoms. The van der Waals surface area contributed by atoms with Crippen LogP contribution in [0.1, 0.15) is 16.2 Å². The fourth-order valence-electron chi connectivity index (χ4n) is 2.48. The number of aromatic carboxylic acids is 1. The van der Waals surface area contributed by atoms with Crippen molar-refractivity contribution < 1.29 is 18.3 Å². The van der Waals surface area contributed by atoms with E-state index in [-0.39, 0.29) is 16.3 Å². The van der Waals surface area contributed by atoms with E-state index in [2.05, 4.69) is 9.71 Å². The van der Waals surface area contributed by atoms with Gasteiger partial charge < -0.3 is 9.67 Å². The summed E-state index contributed by atoms with van der Waals surface area (Å²) in [4.78, 5) is 15.5. The van der Waals surface area contributed by atoms with E-state index in [1.165, 1.54) is 18.3 Å². The van der Waals surface area contributed by atoms with Crippen LogP contribution in [0, 0.1) is 6.92 Å². The van der Waals surface area contributed by atoms with Gasteiger partial charge in [-0.3, -0.25) is 4.72 Å². The average molecular weight is 371 g/mol. The second-order valence-corrected chi connectivity index (χ2v) is 7.40. The van der Waals surface area contributed by atoms with Crippen LogP contribution in [0.15, 0.2) is 59.8 Å². The summed E-state index contributed by atoms with van der Waals surface area (Å²) in [5, 5.41) is 9.22. The lowest BCUT2D eigenvalue weighted by Crippen LogP contribution is -2.16. The molecule has 0 bridgehead atoms. The number of carboxylic acid groups (broad SMARTS) is 1. The van der Waals surface area contributed by atoms with E-state index >= 15 is 0 Å². The Morgan fingerprint density at radius 3 is 2.38 bits per heavy atom. The van der Waals surface area contributed by atoms with Crippen LogP contribution in [0.25, 0.3) is 11.1 Å². The highest BCUT2D eigenvalue weighted by Crippen LogP contribution is 2.27. The molecule has 0 saturated heterocycles. The molecule has 3 aromatic rings. The van der Waals surface area contributed by atoms with Crippen molar-refractivity contribution in [3.05, 3.63) is 66.1 Å². The highest BCUT2D eigenvalue weighted by atomic mass is 32.2. The first-order valence-electron chi connectivity index (χ1n) is 7.73. The van der Waals surface area contributed by atoms with Crippen molar-refractivity contribution in [2.75, 3.05) is 4.72 Å². The lowest BCUT2D eigenvalue weighted by atomic mass is 10.0. The molecule has 1 heterocycles. The van der Waals surface area contributed by atoms with Crippen LogP contribution in [0.3, 0.4) is 0 Å². The fraction of sp³-hybridized carbons (Fsp3) is 0.111. The fourth-order valence-corrected chi connectivity index (χ4v) is 3.59. The summed E-state index contributed by atoms with van der Waals surface area (Å²) in [6.07, 6.45) is 1.37. The summed E-state index contributed by atoms with van der Waals surface area (Å²) in [5.41, 5.74) is 1.40. The second-order valence-electron chi connectivity index (χ2n) is 5.77. The molecule has 134 valence electrons. The minimum absolute atomic E-state index is 0.0119. The molecule has 0 saturated carbocycles. The number of aromatic nitrogens is 2. The van der Waals surface area contributed by atoms with E-state index in [0.29, 0.717) is 11.4 Å². The van der Waals surface area contributed by atoms with E-state index in [0.717, 1.165) is 5.56 Å². The Morgan fingerprint density at radius 1 is 1.12 bits per heavy atom. The number of anilines is 1. The number of hydrogen-bond donors (Lipinski definition) is 2. The number of nitrogens with zero attached hydrogens (tertiary/aromatic N) is 2. The Morgan fingerprint density at radius 2 is 1.81 bits per heavy atom. The average Bonchev–Trinajstić information content (AvgIpc) is 2.95. The molecular formula is C18H17N3O4S. The second kappa shape index (κ2) is 6.64. The topological polar surface area (TPSA) is 101 Å². The van der Waals surface area contributed by atoms with Crippen molar-refractivity contribution in [1.29, 1.82) is 0 Å². The SMILES string of the molecule is Cc1nc(S(=O)(=O)Nc2cc(-c3ccccc3)ccc2C(=O)O)cn1C. The molecule has 0 aliphatic heterocycles. The number of imidazole rings is 1. The molecule has 0 atom stereocenters. The maximum atomic E-state index is 12.6. The van der Waals surface area contributed by atoms with Gasteiger partial charge in [0.2, 0.25) is 0 Å². The van der Waals surface area contributed by atoms with E-state index in [1.807, 2.05) is 30.3 Å². The first-order chi connectivity index (χ1) is 12.3. The molecule has 0 unspecified atom stereocenters. The van der Waals surface area contributed by atoms with Gasteiger partial charge in [0.05, 0.1) is 11.3 Å². The van der Waals surface area contributed by atoms with E-state index in [9.17, 15) is 18.3 Å². The van der Waals surface area contributed by atoms with Gasteiger partial charge in [-0.05, 0) is 30.2 Å². The minimum Gasteiger partial charge on any atom is -0.478 e. The predicted octanol–water partition coefficient (Wildman–Crippen LogP) is 2.89. The van der Waals surface area contributed by atoms with E-state index < -0.39 is 16.0 Å². The van der Waals surface area contributed by atoms with Crippen LogP contribution in [-0.2, 0) is 17.1 Å². The zero-order chi connectivity index (χ0) is 18.9. The summed E-state index contributed by atoms with van der Waals surface area (Å²) in [6, 6.07) is 13.8. The largest absolute Gasteiger partial charge is 0.478 e. The third-order valence-corrected chi connectivity index (χ3v) is 5.20. The van der Waals surface area contributed by atoms with E-state index in [4.69, 9.17) is 0 Å². The highest BCUT2D eigenvalue weighted by Gasteiger charge is 2.22. The zero-order valence-corrected chi connectivity index (χ0v) is 15.0. The molecular weight excluding hydrogens is 354 g/mol. The lowest BCUT2D eigenvalue weighted by molar-refractivity contribution is 0.0698. The molecule has 26 heavy (non-hydrogen) atoms. The molecule has 2 N–H and O–H groups in total. The number of carboxylic acids is 1. The number of aryl methyl sites for hydroxylation is 2. The van der Waals surface area contributed by atoms with Gasteiger partial charge in [-0.15, -0.1) is 0 Å². The Bertz CT molecular complexity index is 1050. The number of carbonyl (C=O) groups is 1. The smallest absolute Gasteiger partial charge is 0.337 e. The normalized spacial score (nSPS) is 11.3. The molecule has 2 aromatic carbocycles. The van der Waals surface area contributed by atoms with Gasteiger partial charge in [0.1, 0.15) is 5.82 Å². The van der Waals surface area contributed by atoms with Crippen LogP contribution < -0.4 is 4.72 Å². The number of rotatable bonds is 5. The molecule has 1 aromatic heterocycles. The van der Waals surface area contributed by atoms with Crippen LogP contribution in [0.2, 0.25) is 0 Å². The third-order valence-electron chi connectivity index (χ3n) is 3.96. The van der Waals surface area contributed by atoms with Crippen molar-refractivity contribution in [2.45, 2.75) is 11.9 Å². The van der Waals surface area contributed by atoms with Crippen molar-refractivity contribution in [1.82, 2.24) is 9.55 Å². The third kappa shape index (κ3) is 3.45. The summed E-state index contributed by atoms with van der Waals surface area (Å²) >= 11 is 0. The van der Waals surface area contributed by atoms with Crippen molar-refractivity contribution in [2.24, 2.45) is 7.05 Å². The van der Waals surface area contributed by atoms with Gasteiger partial charge in [-0.2, -0.15) is 8.42 Å². The summed E-state index contributed by atoms with van der Waals surface area (Å²) in [6.45, 7) is 1.68. The minimum atomic E-state index is -4.02. The van der Waals surface area contributed by atoms with Gasteiger partial charge in [0, 0.05) is 13.2 Å². The molecule has 0 aliphatic carbocycles. The standard InChI is InChI=1S/C18H17N3O4S/c1-12-19-17(11-21(12)2)26(24,25)20-16-10-14(8-9-15(16)18(22)23)13-6-4-3-5-7-13/h3-11,20H,1-2H3,(H,22,23). The quantitative estimate of drug-likeness (QED) is 0.718. The van der Waals surface area contributed by atoms with Gasteiger partial charge in [0.15, 0.2) is 5.03 Å². The zero-order valence-electron chi connectivity index (χ0n) is 14.2. The maximum absolute atomic E-state index is 12.6. The van der Waals surface area contributed by atoms with Gasteiger partial charge >= 0.3 is 5.97 Å². The maximum Gasteiger partial charge on any atom is 0.337 e. The van der Waals surface area contributed by atoms with Crippen LogP contribution >= 0.6 is 0 Å². The number of nitrogens with one attached hydrogen (secondary N) is 1. The molecule has 0 spiro atoms. The first kappa shape index (κ1) is 17.7. The highest BCUT2D eigenvalue weighted by molar-refractivity contribution is 7.92. The Labute approximate surface area is 151 Å². The monoisotopic (exact) mass is 371 g/mol. The Balaban J connectivity index is 2.06. The van der Waals surface area contributed by atoms with Crippen molar-refractivity contribution in [3.63, 3.8) is 0 Å². The summed E-state index contributed by atoms with van der Waals surface area (Å²) in [7, 11) is -2.33. The molecule has 3 rings (SSSR count). The van der Waals surface area contributed by atoms with Crippen LogP contribution in [0.4, 0.5) is 5.69 Å². The van der Waals surface area contributed by atoms with Gasteiger partial charge in [-0.25, -0.2) is 9.78 Å². The number of benzene rings is 2. The molecule has 0 fully saturated rings. The van der Waals surface area contributed by atoms with Crippen molar-refractivity contribution in [3.8, 4) is 11.1 Å².